The van der Waals surface area contributed by atoms with E-state index in [0.717, 1.165) is 12.8 Å². The van der Waals surface area contributed by atoms with Crippen molar-refractivity contribution in [2.75, 3.05) is 0 Å². The minimum Gasteiger partial charge on any atom is -0.490 e. The van der Waals surface area contributed by atoms with Crippen LogP contribution in [0.25, 0.3) is 0 Å². The number of halogens is 1. The van der Waals surface area contributed by atoms with E-state index in [9.17, 15) is 9.50 Å². The summed E-state index contributed by atoms with van der Waals surface area (Å²) in [6.45, 7) is 2.19. The summed E-state index contributed by atoms with van der Waals surface area (Å²) < 4.78 is 18.9. The van der Waals surface area contributed by atoms with Gasteiger partial charge in [-0.2, -0.15) is 0 Å². The van der Waals surface area contributed by atoms with Crippen molar-refractivity contribution in [3.05, 3.63) is 29.6 Å². The van der Waals surface area contributed by atoms with Crippen LogP contribution in [0.1, 0.15) is 57.1 Å². The molecule has 2 nitrogen and oxygen atoms in total. The van der Waals surface area contributed by atoms with Gasteiger partial charge >= 0.3 is 0 Å². The third kappa shape index (κ3) is 3.22. The number of aliphatic hydroxyl groups excluding tert-OH is 1. The molecule has 1 aliphatic rings. The SMILES string of the molecule is CCCCCCC1C[C@@H](O)c2cc(F)ccc2O1. The summed E-state index contributed by atoms with van der Waals surface area (Å²) in [6.07, 6.45) is 5.81. The highest BCUT2D eigenvalue weighted by Crippen LogP contribution is 2.36. The Kier molecular flexibility index (Phi) is 4.59. The molecule has 1 N–H and O–H groups in total. The summed E-state index contributed by atoms with van der Waals surface area (Å²) in [6, 6.07) is 4.37. The average Bonchev–Trinajstić information content (AvgIpc) is 2.36. The van der Waals surface area contributed by atoms with Gasteiger partial charge in [-0.05, 0) is 31.0 Å². The van der Waals surface area contributed by atoms with E-state index in [-0.39, 0.29) is 11.9 Å². The number of hydrogen-bond acceptors (Lipinski definition) is 2. The van der Waals surface area contributed by atoms with Crippen molar-refractivity contribution in [1.82, 2.24) is 0 Å². The maximum Gasteiger partial charge on any atom is 0.125 e. The van der Waals surface area contributed by atoms with Gasteiger partial charge in [0.1, 0.15) is 17.7 Å². The van der Waals surface area contributed by atoms with Gasteiger partial charge < -0.3 is 9.84 Å². The fourth-order valence-corrected chi connectivity index (χ4v) is 2.47. The average molecular weight is 252 g/mol. The molecule has 0 fully saturated rings. The number of unbranched alkanes of at least 4 members (excludes halogenated alkanes) is 3. The van der Waals surface area contributed by atoms with Crippen molar-refractivity contribution >= 4 is 0 Å². The molecular weight excluding hydrogens is 231 g/mol. The molecule has 1 aromatic carbocycles. The van der Waals surface area contributed by atoms with Gasteiger partial charge in [0.05, 0.1) is 6.10 Å². The van der Waals surface area contributed by atoms with Crippen LogP contribution in [0.2, 0.25) is 0 Å². The molecule has 0 aromatic heterocycles. The second kappa shape index (κ2) is 6.19. The Hall–Kier alpha value is -1.09. The highest BCUT2D eigenvalue weighted by molar-refractivity contribution is 5.37. The van der Waals surface area contributed by atoms with Gasteiger partial charge in [0.2, 0.25) is 0 Å². The van der Waals surface area contributed by atoms with Crippen LogP contribution in [0, 0.1) is 5.82 Å². The van der Waals surface area contributed by atoms with Gasteiger partial charge in [-0.1, -0.05) is 26.2 Å². The van der Waals surface area contributed by atoms with E-state index in [4.69, 9.17) is 4.74 Å². The number of rotatable bonds is 5. The molecule has 2 rings (SSSR count). The second-order valence-corrected chi connectivity index (χ2v) is 5.02. The first-order chi connectivity index (χ1) is 8.70. The Bertz CT molecular complexity index is 392. The Balaban J connectivity index is 1.93. The third-order valence-electron chi connectivity index (χ3n) is 3.49. The molecule has 1 aromatic rings. The van der Waals surface area contributed by atoms with Gasteiger partial charge in [-0.25, -0.2) is 4.39 Å². The molecule has 0 spiro atoms. The van der Waals surface area contributed by atoms with Gasteiger partial charge in [-0.3, -0.25) is 0 Å². The lowest BCUT2D eigenvalue weighted by Gasteiger charge is -2.29. The van der Waals surface area contributed by atoms with Crippen LogP contribution in [-0.2, 0) is 0 Å². The number of ether oxygens (including phenoxy) is 1. The predicted octanol–water partition coefficient (Wildman–Crippen LogP) is 3.98. The van der Waals surface area contributed by atoms with Crippen LogP contribution in [0.3, 0.4) is 0 Å². The first kappa shape index (κ1) is 13.3. The van der Waals surface area contributed by atoms with Crippen molar-refractivity contribution in [3.63, 3.8) is 0 Å². The first-order valence-corrected chi connectivity index (χ1v) is 6.85. The zero-order chi connectivity index (χ0) is 13.0. The third-order valence-corrected chi connectivity index (χ3v) is 3.49. The molecule has 0 aliphatic carbocycles. The van der Waals surface area contributed by atoms with Crippen LogP contribution in [0.5, 0.6) is 5.75 Å². The molecule has 1 heterocycles. The van der Waals surface area contributed by atoms with E-state index >= 15 is 0 Å². The van der Waals surface area contributed by atoms with Gasteiger partial charge in [-0.15, -0.1) is 0 Å². The van der Waals surface area contributed by atoms with Crippen molar-refractivity contribution in [1.29, 1.82) is 0 Å². The first-order valence-electron chi connectivity index (χ1n) is 6.85. The molecule has 0 amide bonds. The largest absolute Gasteiger partial charge is 0.490 e. The van der Waals surface area contributed by atoms with E-state index < -0.39 is 6.10 Å². The summed E-state index contributed by atoms with van der Waals surface area (Å²) >= 11 is 0. The summed E-state index contributed by atoms with van der Waals surface area (Å²) in [7, 11) is 0. The molecule has 2 atom stereocenters. The van der Waals surface area contributed by atoms with Crippen molar-refractivity contribution in [2.24, 2.45) is 0 Å². The summed E-state index contributed by atoms with van der Waals surface area (Å²) in [5, 5.41) is 10.0. The normalized spacial score (nSPS) is 22.4. The molecular formula is C15H21FO2. The summed E-state index contributed by atoms with van der Waals surface area (Å²) in [4.78, 5) is 0. The van der Waals surface area contributed by atoms with Crippen LogP contribution in [0.4, 0.5) is 4.39 Å². The van der Waals surface area contributed by atoms with E-state index in [2.05, 4.69) is 6.92 Å². The molecule has 0 saturated heterocycles. The van der Waals surface area contributed by atoms with Crippen LogP contribution < -0.4 is 4.74 Å². The standard InChI is InChI=1S/C15H21FO2/c1-2-3-4-5-6-12-10-14(17)13-9-11(16)7-8-15(13)18-12/h7-9,12,14,17H,2-6,10H2,1H3/t12?,14-/m1/s1. The maximum absolute atomic E-state index is 13.1. The monoisotopic (exact) mass is 252 g/mol. The number of aliphatic hydroxyl groups is 1. The molecule has 0 bridgehead atoms. The number of benzene rings is 1. The Labute approximate surface area is 108 Å². The Morgan fingerprint density at radius 3 is 2.94 bits per heavy atom. The van der Waals surface area contributed by atoms with Gasteiger partial charge in [0.25, 0.3) is 0 Å². The van der Waals surface area contributed by atoms with E-state index in [1.807, 2.05) is 0 Å². The maximum atomic E-state index is 13.1. The zero-order valence-corrected chi connectivity index (χ0v) is 10.9. The van der Waals surface area contributed by atoms with Gasteiger partial charge in [0.15, 0.2) is 0 Å². The topological polar surface area (TPSA) is 29.5 Å². The lowest BCUT2D eigenvalue weighted by Crippen LogP contribution is -2.25. The van der Waals surface area contributed by atoms with Crippen LogP contribution in [0.15, 0.2) is 18.2 Å². The highest BCUT2D eigenvalue weighted by Gasteiger charge is 2.26. The van der Waals surface area contributed by atoms with Crippen molar-refractivity contribution in [2.45, 2.75) is 57.7 Å². The molecule has 0 saturated carbocycles. The van der Waals surface area contributed by atoms with E-state index in [1.165, 1.54) is 31.4 Å². The molecule has 18 heavy (non-hydrogen) atoms. The number of hydrogen-bond donors (Lipinski definition) is 1. The smallest absolute Gasteiger partial charge is 0.125 e. The molecule has 3 heteroatoms. The molecule has 0 radical (unpaired) electrons. The molecule has 1 aliphatic heterocycles. The molecule has 1 unspecified atom stereocenters. The Morgan fingerprint density at radius 2 is 2.17 bits per heavy atom. The van der Waals surface area contributed by atoms with Gasteiger partial charge in [0, 0.05) is 12.0 Å². The quantitative estimate of drug-likeness (QED) is 0.803. The highest BCUT2D eigenvalue weighted by atomic mass is 19.1. The fourth-order valence-electron chi connectivity index (χ4n) is 2.47. The minimum absolute atomic E-state index is 0.0646. The Morgan fingerprint density at radius 1 is 1.33 bits per heavy atom. The fraction of sp³-hybridized carbons (Fsp3) is 0.600. The lowest BCUT2D eigenvalue weighted by molar-refractivity contribution is 0.0601. The lowest BCUT2D eigenvalue weighted by atomic mass is 9.96. The summed E-state index contributed by atoms with van der Waals surface area (Å²) in [5.41, 5.74) is 0.583. The zero-order valence-electron chi connectivity index (χ0n) is 10.9. The van der Waals surface area contributed by atoms with Crippen LogP contribution >= 0.6 is 0 Å². The summed E-state index contributed by atoms with van der Waals surface area (Å²) in [5.74, 6) is 0.313. The van der Waals surface area contributed by atoms with Crippen LogP contribution in [-0.4, -0.2) is 11.2 Å². The molecule has 100 valence electrons. The van der Waals surface area contributed by atoms with Crippen molar-refractivity contribution < 1.29 is 14.2 Å². The second-order valence-electron chi connectivity index (χ2n) is 5.02. The number of fused-ring (bicyclic) bond motifs is 1. The predicted molar refractivity (Wildman–Crippen MR) is 69.2 cm³/mol. The van der Waals surface area contributed by atoms with Crippen molar-refractivity contribution in [3.8, 4) is 5.75 Å². The van der Waals surface area contributed by atoms with E-state index in [1.54, 1.807) is 6.07 Å². The van der Waals surface area contributed by atoms with E-state index in [0.29, 0.717) is 17.7 Å². The minimum atomic E-state index is -0.597.